The lowest BCUT2D eigenvalue weighted by Gasteiger charge is -2.11. The molecular formula is C12H19NO3. The summed E-state index contributed by atoms with van der Waals surface area (Å²) in [6.45, 7) is 0.948. The van der Waals surface area contributed by atoms with E-state index < -0.39 is 6.10 Å². The monoisotopic (exact) mass is 225 g/mol. The number of ether oxygens (including phenoxy) is 1. The average molecular weight is 225 g/mol. The van der Waals surface area contributed by atoms with Crippen LogP contribution in [0.1, 0.15) is 5.56 Å². The van der Waals surface area contributed by atoms with Crippen molar-refractivity contribution >= 4 is 0 Å². The van der Waals surface area contributed by atoms with Crippen LogP contribution in [0, 0.1) is 0 Å². The van der Waals surface area contributed by atoms with E-state index in [9.17, 15) is 5.11 Å². The van der Waals surface area contributed by atoms with Crippen LogP contribution in [0.5, 0.6) is 5.75 Å². The number of aliphatic hydroxyl groups excluding tert-OH is 2. The molecule has 0 amide bonds. The number of hydrogen-bond acceptors (Lipinski definition) is 4. The summed E-state index contributed by atoms with van der Waals surface area (Å²) in [5.74, 6) is 0.733. The van der Waals surface area contributed by atoms with Crippen LogP contribution in [0.3, 0.4) is 0 Å². The molecule has 0 aliphatic carbocycles. The van der Waals surface area contributed by atoms with E-state index in [2.05, 4.69) is 5.32 Å². The van der Waals surface area contributed by atoms with E-state index in [0.717, 1.165) is 11.3 Å². The Hall–Kier alpha value is -1.10. The van der Waals surface area contributed by atoms with Crippen LogP contribution in [0.4, 0.5) is 0 Å². The van der Waals surface area contributed by atoms with Gasteiger partial charge in [0.05, 0.1) is 0 Å². The molecule has 3 N–H and O–H groups in total. The summed E-state index contributed by atoms with van der Waals surface area (Å²) in [5, 5.41) is 21.1. The zero-order valence-corrected chi connectivity index (χ0v) is 9.52. The molecule has 0 aliphatic heterocycles. The van der Waals surface area contributed by atoms with E-state index >= 15 is 0 Å². The van der Waals surface area contributed by atoms with Crippen LogP contribution < -0.4 is 10.1 Å². The second-order valence-electron chi connectivity index (χ2n) is 3.64. The van der Waals surface area contributed by atoms with Gasteiger partial charge in [0.25, 0.3) is 0 Å². The average Bonchev–Trinajstić information content (AvgIpc) is 2.29. The Balaban J connectivity index is 2.37. The second-order valence-corrected chi connectivity index (χ2v) is 3.64. The summed E-state index contributed by atoms with van der Waals surface area (Å²) in [5.41, 5.74) is 1.07. The van der Waals surface area contributed by atoms with Gasteiger partial charge >= 0.3 is 0 Å². The van der Waals surface area contributed by atoms with Crippen molar-refractivity contribution in [2.24, 2.45) is 0 Å². The summed E-state index contributed by atoms with van der Waals surface area (Å²) in [7, 11) is 1.78. The van der Waals surface area contributed by atoms with Crippen LogP contribution >= 0.6 is 0 Å². The molecule has 1 atom stereocenters. The number of benzene rings is 1. The summed E-state index contributed by atoms with van der Waals surface area (Å²) in [4.78, 5) is 0. The van der Waals surface area contributed by atoms with Gasteiger partial charge in [-0.25, -0.2) is 0 Å². The van der Waals surface area contributed by atoms with Crippen molar-refractivity contribution in [1.82, 2.24) is 5.32 Å². The summed E-state index contributed by atoms with van der Waals surface area (Å²) >= 11 is 0. The van der Waals surface area contributed by atoms with E-state index in [1.54, 1.807) is 7.05 Å². The maximum Gasteiger partial charge on any atom is 0.119 e. The molecule has 0 saturated heterocycles. The van der Waals surface area contributed by atoms with Gasteiger partial charge in [-0.15, -0.1) is 0 Å². The molecule has 0 aliphatic rings. The number of likely N-dealkylation sites (N-methyl/N-ethyl adjacent to an activating group) is 1. The van der Waals surface area contributed by atoms with E-state index in [1.165, 1.54) is 0 Å². The van der Waals surface area contributed by atoms with Gasteiger partial charge in [-0.05, 0) is 31.2 Å². The second kappa shape index (κ2) is 7.22. The molecule has 0 spiro atoms. The number of aliphatic hydroxyl groups is 2. The largest absolute Gasteiger partial charge is 0.491 e. The molecule has 0 radical (unpaired) electrons. The highest BCUT2D eigenvalue weighted by atomic mass is 16.5. The Morgan fingerprint density at radius 3 is 2.56 bits per heavy atom. The van der Waals surface area contributed by atoms with Crippen molar-refractivity contribution in [3.05, 3.63) is 29.8 Å². The number of nitrogens with one attached hydrogen (secondary N) is 1. The molecule has 0 fully saturated rings. The van der Waals surface area contributed by atoms with E-state index in [1.807, 2.05) is 24.3 Å². The molecule has 90 valence electrons. The fourth-order valence-corrected chi connectivity index (χ4v) is 1.37. The van der Waals surface area contributed by atoms with Crippen molar-refractivity contribution in [2.75, 3.05) is 26.8 Å². The van der Waals surface area contributed by atoms with Crippen molar-refractivity contribution in [2.45, 2.75) is 12.5 Å². The fraction of sp³-hybridized carbons (Fsp3) is 0.500. The minimum absolute atomic E-state index is 0.154. The van der Waals surface area contributed by atoms with Gasteiger partial charge in [0.15, 0.2) is 0 Å². The highest BCUT2D eigenvalue weighted by Gasteiger charge is 2.03. The molecule has 1 unspecified atom stereocenters. The van der Waals surface area contributed by atoms with Crippen LogP contribution in [-0.2, 0) is 6.42 Å². The summed E-state index contributed by atoms with van der Waals surface area (Å²) in [6, 6.07) is 7.51. The van der Waals surface area contributed by atoms with Gasteiger partial charge in [-0.3, -0.25) is 0 Å². The van der Waals surface area contributed by atoms with Crippen molar-refractivity contribution < 1.29 is 14.9 Å². The SMILES string of the molecule is CNCC(O)COc1ccc(CCO)cc1. The molecular weight excluding hydrogens is 206 g/mol. The van der Waals surface area contributed by atoms with Crippen LogP contribution in [-0.4, -0.2) is 43.1 Å². The van der Waals surface area contributed by atoms with Crippen molar-refractivity contribution in [1.29, 1.82) is 0 Å². The summed E-state index contributed by atoms with van der Waals surface area (Å²) < 4.78 is 5.40. The molecule has 1 aromatic rings. The Bertz CT molecular complexity index is 287. The standard InChI is InChI=1S/C12H19NO3/c1-13-8-11(15)9-16-12-4-2-10(3-5-12)6-7-14/h2-5,11,13-15H,6-9H2,1H3. The molecule has 1 rings (SSSR count). The number of rotatable bonds is 7. The maximum atomic E-state index is 9.43. The first-order valence-corrected chi connectivity index (χ1v) is 5.41. The lowest BCUT2D eigenvalue weighted by molar-refractivity contribution is 0.108. The third kappa shape index (κ3) is 4.61. The van der Waals surface area contributed by atoms with Crippen molar-refractivity contribution in [3.63, 3.8) is 0 Å². The molecule has 0 saturated carbocycles. The van der Waals surface area contributed by atoms with Crippen LogP contribution in [0.15, 0.2) is 24.3 Å². The minimum Gasteiger partial charge on any atom is -0.491 e. The Morgan fingerprint density at radius 2 is 2.00 bits per heavy atom. The molecule has 0 aromatic heterocycles. The van der Waals surface area contributed by atoms with Crippen LogP contribution in [0.25, 0.3) is 0 Å². The predicted octanol–water partition coefficient (Wildman–Crippen LogP) is 0.180. The Labute approximate surface area is 95.9 Å². The molecule has 16 heavy (non-hydrogen) atoms. The smallest absolute Gasteiger partial charge is 0.119 e. The highest BCUT2D eigenvalue weighted by molar-refractivity contribution is 5.27. The Morgan fingerprint density at radius 1 is 1.31 bits per heavy atom. The normalized spacial score (nSPS) is 12.4. The molecule has 0 heterocycles. The zero-order valence-electron chi connectivity index (χ0n) is 9.52. The first kappa shape index (κ1) is 13.0. The quantitative estimate of drug-likeness (QED) is 0.619. The molecule has 4 heteroatoms. The summed E-state index contributed by atoms with van der Waals surface area (Å²) in [6.07, 6.45) is 0.157. The molecule has 0 bridgehead atoms. The van der Waals surface area contributed by atoms with Gasteiger partial charge in [0, 0.05) is 13.2 Å². The predicted molar refractivity (Wildman–Crippen MR) is 62.7 cm³/mol. The van der Waals surface area contributed by atoms with Gasteiger partial charge < -0.3 is 20.3 Å². The fourth-order valence-electron chi connectivity index (χ4n) is 1.37. The van der Waals surface area contributed by atoms with Crippen LogP contribution in [0.2, 0.25) is 0 Å². The van der Waals surface area contributed by atoms with E-state index in [0.29, 0.717) is 13.0 Å². The minimum atomic E-state index is -0.498. The topological polar surface area (TPSA) is 61.7 Å². The third-order valence-electron chi connectivity index (χ3n) is 2.21. The van der Waals surface area contributed by atoms with Gasteiger partial charge in [0.1, 0.15) is 18.5 Å². The lowest BCUT2D eigenvalue weighted by Crippen LogP contribution is -2.29. The zero-order chi connectivity index (χ0) is 11.8. The number of hydrogen-bond donors (Lipinski definition) is 3. The lowest BCUT2D eigenvalue weighted by atomic mass is 10.1. The van der Waals surface area contributed by atoms with Crippen molar-refractivity contribution in [3.8, 4) is 5.75 Å². The Kier molecular flexibility index (Phi) is 5.85. The third-order valence-corrected chi connectivity index (χ3v) is 2.21. The first-order chi connectivity index (χ1) is 7.76. The maximum absolute atomic E-state index is 9.43. The van der Waals surface area contributed by atoms with E-state index in [-0.39, 0.29) is 13.2 Å². The molecule has 1 aromatic carbocycles. The van der Waals surface area contributed by atoms with Gasteiger partial charge in [0.2, 0.25) is 0 Å². The molecule has 4 nitrogen and oxygen atoms in total. The van der Waals surface area contributed by atoms with Gasteiger partial charge in [-0.2, -0.15) is 0 Å². The van der Waals surface area contributed by atoms with Gasteiger partial charge in [-0.1, -0.05) is 12.1 Å². The van der Waals surface area contributed by atoms with E-state index in [4.69, 9.17) is 9.84 Å². The first-order valence-electron chi connectivity index (χ1n) is 5.41. The highest BCUT2D eigenvalue weighted by Crippen LogP contribution is 2.12.